The molecule has 16 heavy (non-hydrogen) atoms. The van der Waals surface area contributed by atoms with Crippen LogP contribution in [0.2, 0.25) is 0 Å². The molecule has 3 heteroatoms. The molecule has 2 rings (SSSR count). The Hall–Kier alpha value is -0.410. The molecule has 1 aliphatic carbocycles. The van der Waals surface area contributed by atoms with Crippen molar-refractivity contribution in [2.75, 3.05) is 0 Å². The number of thiazole rings is 1. The lowest BCUT2D eigenvalue weighted by molar-refractivity contribution is 0.175. The zero-order valence-corrected chi connectivity index (χ0v) is 11.3. The fourth-order valence-corrected chi connectivity index (χ4v) is 3.62. The first-order valence-corrected chi connectivity index (χ1v) is 7.06. The van der Waals surface area contributed by atoms with Gasteiger partial charge in [0.2, 0.25) is 0 Å². The molecule has 0 amide bonds. The molecule has 0 saturated heterocycles. The quantitative estimate of drug-likeness (QED) is 0.859. The smallest absolute Gasteiger partial charge is 0.0946 e. The summed E-state index contributed by atoms with van der Waals surface area (Å²) in [5.41, 5.74) is 7.64. The fourth-order valence-electron chi connectivity index (χ4n) is 2.69. The highest BCUT2D eigenvalue weighted by atomic mass is 32.1. The molecule has 0 aliphatic heterocycles. The van der Waals surface area contributed by atoms with Gasteiger partial charge in [-0.3, -0.25) is 0 Å². The van der Waals surface area contributed by atoms with Gasteiger partial charge in [0.15, 0.2) is 0 Å². The summed E-state index contributed by atoms with van der Waals surface area (Å²) in [7, 11) is 0. The summed E-state index contributed by atoms with van der Waals surface area (Å²) in [6, 6.07) is 0. The van der Waals surface area contributed by atoms with E-state index in [4.69, 9.17) is 5.73 Å². The zero-order valence-electron chi connectivity index (χ0n) is 10.5. The lowest BCUT2D eigenvalue weighted by Gasteiger charge is -2.39. The van der Waals surface area contributed by atoms with Gasteiger partial charge in [0.05, 0.1) is 5.01 Å². The van der Waals surface area contributed by atoms with E-state index in [0.29, 0.717) is 0 Å². The zero-order chi connectivity index (χ0) is 11.8. The standard InChI is InChI=1S/C13H22N2S/c1-9-4-5-13(14,6-10(9)2)7-12-15-11(3)8-16-12/h8-10H,4-7,14H2,1-3H3. The van der Waals surface area contributed by atoms with Crippen LogP contribution in [0.25, 0.3) is 0 Å². The number of hydrogen-bond acceptors (Lipinski definition) is 3. The molecule has 90 valence electrons. The molecule has 0 aromatic carbocycles. The summed E-state index contributed by atoms with van der Waals surface area (Å²) >= 11 is 1.75. The van der Waals surface area contributed by atoms with Gasteiger partial charge in [0.25, 0.3) is 0 Å². The van der Waals surface area contributed by atoms with Crippen LogP contribution in [-0.2, 0) is 6.42 Å². The Morgan fingerprint density at radius 1 is 1.50 bits per heavy atom. The van der Waals surface area contributed by atoms with E-state index in [1.807, 2.05) is 0 Å². The Bertz CT molecular complexity index is 361. The maximum atomic E-state index is 6.52. The molecule has 1 aliphatic rings. The number of hydrogen-bond donors (Lipinski definition) is 1. The second kappa shape index (κ2) is 4.46. The highest BCUT2D eigenvalue weighted by molar-refractivity contribution is 7.09. The first-order chi connectivity index (χ1) is 7.48. The molecule has 1 aromatic heterocycles. The first kappa shape index (κ1) is 12.1. The summed E-state index contributed by atoms with van der Waals surface area (Å²) in [6.45, 7) is 6.73. The second-order valence-electron chi connectivity index (χ2n) is 5.62. The molecular weight excluding hydrogens is 216 g/mol. The van der Waals surface area contributed by atoms with E-state index in [1.165, 1.54) is 11.4 Å². The third-order valence-corrected chi connectivity index (χ3v) is 4.93. The van der Waals surface area contributed by atoms with Crippen molar-refractivity contribution >= 4 is 11.3 Å². The van der Waals surface area contributed by atoms with Crippen LogP contribution in [-0.4, -0.2) is 10.5 Å². The molecule has 3 atom stereocenters. The second-order valence-corrected chi connectivity index (χ2v) is 6.56. The lowest BCUT2D eigenvalue weighted by atomic mass is 9.70. The summed E-state index contributed by atoms with van der Waals surface area (Å²) in [5, 5.41) is 3.33. The van der Waals surface area contributed by atoms with Crippen LogP contribution in [0.4, 0.5) is 0 Å². The molecule has 1 fully saturated rings. The Labute approximate surface area is 102 Å². The van der Waals surface area contributed by atoms with Gasteiger partial charge in [-0.05, 0) is 38.0 Å². The minimum Gasteiger partial charge on any atom is -0.325 e. The van der Waals surface area contributed by atoms with Gasteiger partial charge in [-0.15, -0.1) is 11.3 Å². The summed E-state index contributed by atoms with van der Waals surface area (Å²) < 4.78 is 0. The number of aromatic nitrogens is 1. The average Bonchev–Trinajstić information content (AvgIpc) is 2.58. The molecule has 2 nitrogen and oxygen atoms in total. The van der Waals surface area contributed by atoms with Crippen molar-refractivity contribution in [2.24, 2.45) is 17.6 Å². The topological polar surface area (TPSA) is 38.9 Å². The molecule has 0 spiro atoms. The molecule has 0 radical (unpaired) electrons. The monoisotopic (exact) mass is 238 g/mol. The predicted molar refractivity (Wildman–Crippen MR) is 69.7 cm³/mol. The number of nitrogens with two attached hydrogens (primary N) is 1. The van der Waals surface area contributed by atoms with Crippen LogP contribution in [0.5, 0.6) is 0 Å². The van der Waals surface area contributed by atoms with Gasteiger partial charge in [-0.1, -0.05) is 13.8 Å². The summed E-state index contributed by atoms with van der Waals surface area (Å²) in [4.78, 5) is 4.53. The SMILES string of the molecule is Cc1csc(CC2(N)CCC(C)C(C)C2)n1. The van der Waals surface area contributed by atoms with Crippen molar-refractivity contribution in [2.45, 2.75) is 52.0 Å². The minimum atomic E-state index is -0.00375. The fraction of sp³-hybridized carbons (Fsp3) is 0.769. The van der Waals surface area contributed by atoms with Gasteiger partial charge < -0.3 is 5.73 Å². The van der Waals surface area contributed by atoms with Crippen molar-refractivity contribution in [3.8, 4) is 0 Å². The molecular formula is C13H22N2S. The Morgan fingerprint density at radius 2 is 2.25 bits per heavy atom. The van der Waals surface area contributed by atoms with E-state index in [-0.39, 0.29) is 5.54 Å². The van der Waals surface area contributed by atoms with Crippen molar-refractivity contribution in [3.05, 3.63) is 16.1 Å². The van der Waals surface area contributed by atoms with Gasteiger partial charge in [-0.25, -0.2) is 4.98 Å². The Kier molecular flexibility index (Phi) is 3.36. The summed E-state index contributed by atoms with van der Waals surface area (Å²) in [6.07, 6.45) is 4.52. The van der Waals surface area contributed by atoms with E-state index >= 15 is 0 Å². The highest BCUT2D eigenvalue weighted by Gasteiger charge is 2.35. The maximum Gasteiger partial charge on any atom is 0.0946 e. The van der Waals surface area contributed by atoms with E-state index in [1.54, 1.807) is 11.3 Å². The molecule has 2 N–H and O–H groups in total. The van der Waals surface area contributed by atoms with Crippen molar-refractivity contribution in [1.82, 2.24) is 4.98 Å². The minimum absolute atomic E-state index is 0.00375. The predicted octanol–water partition coefficient (Wildman–Crippen LogP) is 3.15. The molecule has 1 saturated carbocycles. The molecule has 0 bridgehead atoms. The maximum absolute atomic E-state index is 6.52. The van der Waals surface area contributed by atoms with E-state index < -0.39 is 0 Å². The lowest BCUT2D eigenvalue weighted by Crippen LogP contribution is -2.47. The van der Waals surface area contributed by atoms with Crippen LogP contribution in [0.3, 0.4) is 0 Å². The third-order valence-electron chi connectivity index (χ3n) is 3.97. The van der Waals surface area contributed by atoms with Gasteiger partial charge in [-0.2, -0.15) is 0 Å². The van der Waals surface area contributed by atoms with E-state index in [9.17, 15) is 0 Å². The van der Waals surface area contributed by atoms with Crippen LogP contribution in [0.15, 0.2) is 5.38 Å². The van der Waals surface area contributed by atoms with Crippen molar-refractivity contribution in [3.63, 3.8) is 0 Å². The van der Waals surface area contributed by atoms with Crippen LogP contribution in [0, 0.1) is 18.8 Å². The number of aryl methyl sites for hydroxylation is 1. The highest BCUT2D eigenvalue weighted by Crippen LogP contribution is 2.36. The summed E-state index contributed by atoms with van der Waals surface area (Å²) in [5.74, 6) is 1.58. The normalized spacial score (nSPS) is 35.2. The van der Waals surface area contributed by atoms with Gasteiger partial charge >= 0.3 is 0 Å². The Balaban J connectivity index is 2.03. The number of nitrogens with zero attached hydrogens (tertiary/aromatic N) is 1. The van der Waals surface area contributed by atoms with Crippen molar-refractivity contribution < 1.29 is 0 Å². The van der Waals surface area contributed by atoms with Crippen molar-refractivity contribution in [1.29, 1.82) is 0 Å². The first-order valence-electron chi connectivity index (χ1n) is 6.18. The number of rotatable bonds is 2. The van der Waals surface area contributed by atoms with Gasteiger partial charge in [0, 0.05) is 23.0 Å². The van der Waals surface area contributed by atoms with Crippen LogP contribution in [0.1, 0.15) is 43.8 Å². The van der Waals surface area contributed by atoms with Crippen LogP contribution >= 0.6 is 11.3 Å². The van der Waals surface area contributed by atoms with E-state index in [2.05, 4.69) is 31.1 Å². The average molecular weight is 238 g/mol. The Morgan fingerprint density at radius 3 is 2.81 bits per heavy atom. The molecule has 3 unspecified atom stereocenters. The van der Waals surface area contributed by atoms with E-state index in [0.717, 1.165) is 36.8 Å². The van der Waals surface area contributed by atoms with Crippen LogP contribution < -0.4 is 5.73 Å². The molecule has 1 heterocycles. The van der Waals surface area contributed by atoms with Gasteiger partial charge in [0.1, 0.15) is 0 Å². The third kappa shape index (κ3) is 2.64. The molecule has 1 aromatic rings. The largest absolute Gasteiger partial charge is 0.325 e.